The molecule has 0 aromatic carbocycles. The van der Waals surface area contributed by atoms with Crippen LogP contribution in [-0.2, 0) is 21.7 Å². The van der Waals surface area contributed by atoms with E-state index in [2.05, 4.69) is 27.7 Å². The topological polar surface area (TPSA) is 0 Å². The quantitative estimate of drug-likeness (QED) is 0.499. The van der Waals surface area contributed by atoms with Gasteiger partial charge in [0.05, 0.1) is 0 Å². The summed E-state index contributed by atoms with van der Waals surface area (Å²) in [6, 6.07) is 0. The third kappa shape index (κ3) is 89.9. The number of unbranched alkanes of at least 4 members (excludes halogenated alkanes) is 2. The van der Waals surface area contributed by atoms with Crippen LogP contribution in [0.5, 0.6) is 0 Å². The number of hydrogen-bond acceptors (Lipinski definition) is 0. The van der Waals surface area contributed by atoms with E-state index >= 15 is 0 Å². The molecule has 0 atom stereocenters. The van der Waals surface area contributed by atoms with Crippen LogP contribution in [0.15, 0.2) is 0 Å². The zero-order valence-electron chi connectivity index (χ0n) is 7.56. The first-order chi connectivity index (χ1) is 3.83. The number of rotatable bonds is 2. The molecule has 0 heterocycles. The van der Waals surface area contributed by atoms with Gasteiger partial charge in [0, 0.05) is 0 Å². The smallest absolute Gasteiger partial charge is 0.343 e. The van der Waals surface area contributed by atoms with E-state index in [1.54, 1.807) is 0 Å². The van der Waals surface area contributed by atoms with Crippen molar-refractivity contribution in [2.75, 3.05) is 0 Å². The maximum absolute atomic E-state index is 3.60. The van der Waals surface area contributed by atoms with Crippen LogP contribution in [0.3, 0.4) is 0 Å². The molecule has 0 spiro atoms. The van der Waals surface area contributed by atoms with E-state index in [4.69, 9.17) is 0 Å². The first-order valence-electron chi connectivity index (χ1n) is 3.41. The summed E-state index contributed by atoms with van der Waals surface area (Å²) in [5.41, 5.74) is 0. The Morgan fingerprint density at radius 1 is 0.818 bits per heavy atom. The molecule has 70 valence electrons. The Labute approximate surface area is 99.6 Å². The van der Waals surface area contributed by atoms with E-state index in [0.29, 0.717) is 0 Å². The van der Waals surface area contributed by atoms with Crippen molar-refractivity contribution in [3.63, 3.8) is 0 Å². The van der Waals surface area contributed by atoms with Crippen LogP contribution in [-0.4, -0.2) is 0 Å². The maximum atomic E-state index is 3.60. The molecule has 0 unspecified atom stereocenters. The predicted molar refractivity (Wildman–Crippen MR) is 55.0 cm³/mol. The van der Waals surface area contributed by atoms with Crippen molar-refractivity contribution in [1.29, 1.82) is 0 Å². The Kier molecular flexibility index (Phi) is 114. The Bertz CT molecular complexity index is 20.1. The summed E-state index contributed by atoms with van der Waals surface area (Å²) < 4.78 is 0. The maximum Gasteiger partial charge on any atom is 2.00 e. The van der Waals surface area contributed by atoms with Crippen molar-refractivity contribution >= 4 is 24.8 Å². The van der Waals surface area contributed by atoms with Gasteiger partial charge in [0.15, 0.2) is 0 Å². The van der Waals surface area contributed by atoms with Gasteiger partial charge in [0.1, 0.15) is 0 Å². The fraction of sp³-hybridized carbons (Fsp3) is 0.750. The Balaban J connectivity index is -0.0000000171. The van der Waals surface area contributed by atoms with Crippen molar-refractivity contribution in [3.8, 4) is 0 Å². The van der Waals surface area contributed by atoms with Crippen LogP contribution in [0.4, 0.5) is 0 Å². The summed E-state index contributed by atoms with van der Waals surface area (Å²) >= 11 is 0. The number of hydrogen-bond donors (Lipinski definition) is 0. The molecule has 11 heavy (non-hydrogen) atoms. The van der Waals surface area contributed by atoms with Crippen molar-refractivity contribution in [2.24, 2.45) is 0 Å². The molecule has 3 heteroatoms. The average Bonchev–Trinajstić information content (AvgIpc) is 1.88. The van der Waals surface area contributed by atoms with Crippen LogP contribution < -0.4 is 0 Å². The second-order valence-corrected chi connectivity index (χ2v) is 1.71. The summed E-state index contributed by atoms with van der Waals surface area (Å²) in [6.07, 6.45) is 4.56. The van der Waals surface area contributed by atoms with Gasteiger partial charge in [-0.3, -0.25) is 0 Å². The van der Waals surface area contributed by atoms with Crippen molar-refractivity contribution in [3.05, 3.63) is 13.8 Å². The van der Waals surface area contributed by atoms with Crippen LogP contribution in [0.2, 0.25) is 0 Å². The molecule has 0 aliphatic rings. The molecular formula is C8H20Cl2Ti. The van der Waals surface area contributed by atoms with Gasteiger partial charge >= 0.3 is 21.7 Å². The Morgan fingerprint density at radius 3 is 0.909 bits per heavy atom. The zero-order chi connectivity index (χ0) is 6.83. The van der Waals surface area contributed by atoms with Gasteiger partial charge in [-0.05, 0) is 0 Å². The monoisotopic (exact) mass is 234 g/mol. The van der Waals surface area contributed by atoms with Gasteiger partial charge in [0.2, 0.25) is 0 Å². The van der Waals surface area contributed by atoms with E-state index in [9.17, 15) is 0 Å². The third-order valence-corrected chi connectivity index (χ3v) is 0.707. The number of halogens is 2. The van der Waals surface area contributed by atoms with Crippen LogP contribution in [0.25, 0.3) is 0 Å². The first-order valence-corrected chi connectivity index (χ1v) is 3.41. The molecular weight excluding hydrogens is 215 g/mol. The predicted octanol–water partition coefficient (Wildman–Crippen LogP) is 4.08. The summed E-state index contributed by atoms with van der Waals surface area (Å²) in [5.74, 6) is 0. The second kappa shape index (κ2) is 42.7. The minimum Gasteiger partial charge on any atom is -0.343 e. The summed E-state index contributed by atoms with van der Waals surface area (Å²) in [6.45, 7) is 11.4. The van der Waals surface area contributed by atoms with Gasteiger partial charge < -0.3 is 13.8 Å². The van der Waals surface area contributed by atoms with E-state index in [1.165, 1.54) is 12.8 Å². The fourth-order valence-corrected chi connectivity index (χ4v) is 0. The van der Waals surface area contributed by atoms with Crippen LogP contribution >= 0.6 is 24.8 Å². The third-order valence-electron chi connectivity index (χ3n) is 0.707. The van der Waals surface area contributed by atoms with Crippen molar-refractivity contribution in [2.45, 2.75) is 39.5 Å². The molecule has 0 bridgehead atoms. The minimum atomic E-state index is 0. The summed E-state index contributed by atoms with van der Waals surface area (Å²) in [4.78, 5) is 0. The molecule has 0 aliphatic heterocycles. The molecule has 0 aliphatic carbocycles. The SMILES string of the molecule is Cl.Cl.[CH2-]CCC.[CH2-]CCC.[Ti+2]. The summed E-state index contributed by atoms with van der Waals surface area (Å²) in [5, 5.41) is 0. The molecule has 0 aromatic heterocycles. The normalized spacial score (nSPS) is 5.45. The molecule has 0 nitrogen and oxygen atoms in total. The minimum absolute atomic E-state index is 0. The van der Waals surface area contributed by atoms with E-state index in [1.807, 2.05) is 0 Å². The van der Waals surface area contributed by atoms with E-state index in [-0.39, 0.29) is 46.5 Å². The molecule has 0 N–H and O–H groups in total. The van der Waals surface area contributed by atoms with Crippen molar-refractivity contribution < 1.29 is 21.7 Å². The van der Waals surface area contributed by atoms with Crippen LogP contribution in [0.1, 0.15) is 39.5 Å². The first kappa shape index (κ1) is 29.5. The van der Waals surface area contributed by atoms with Gasteiger partial charge in [-0.2, -0.15) is 12.8 Å². The average molecular weight is 235 g/mol. The van der Waals surface area contributed by atoms with Crippen LogP contribution in [0, 0.1) is 13.8 Å². The largest absolute Gasteiger partial charge is 2.00 e. The second-order valence-electron chi connectivity index (χ2n) is 1.71. The molecule has 0 aromatic rings. The van der Waals surface area contributed by atoms with Gasteiger partial charge in [-0.15, -0.1) is 24.8 Å². The molecule has 0 saturated heterocycles. The molecule has 0 amide bonds. The Hall–Kier alpha value is 1.29. The van der Waals surface area contributed by atoms with E-state index in [0.717, 1.165) is 12.8 Å². The molecule has 0 radical (unpaired) electrons. The Morgan fingerprint density at radius 2 is 0.909 bits per heavy atom. The van der Waals surface area contributed by atoms with Gasteiger partial charge in [0.25, 0.3) is 0 Å². The van der Waals surface area contributed by atoms with Gasteiger partial charge in [-0.25, -0.2) is 0 Å². The van der Waals surface area contributed by atoms with Crippen molar-refractivity contribution in [1.82, 2.24) is 0 Å². The molecule has 0 rings (SSSR count). The van der Waals surface area contributed by atoms with E-state index < -0.39 is 0 Å². The van der Waals surface area contributed by atoms with Gasteiger partial charge in [-0.1, -0.05) is 26.7 Å². The zero-order valence-corrected chi connectivity index (χ0v) is 10.8. The molecule has 0 fully saturated rings. The summed E-state index contributed by atoms with van der Waals surface area (Å²) in [7, 11) is 0. The molecule has 0 saturated carbocycles. The fourth-order valence-electron chi connectivity index (χ4n) is 0. The standard InChI is InChI=1S/2C4H9.2ClH.Ti/c2*1-3-4-2;;;/h2*1,3-4H2,2H3;2*1H;/q2*-1;;;+2.